The van der Waals surface area contributed by atoms with Crippen LogP contribution in [0.4, 0.5) is 5.13 Å². The molecule has 8 heteroatoms. The summed E-state index contributed by atoms with van der Waals surface area (Å²) in [5.74, 6) is 0.841. The lowest BCUT2D eigenvalue weighted by Crippen LogP contribution is -2.27. The van der Waals surface area contributed by atoms with E-state index < -0.39 is 5.56 Å². The SMILES string of the molecule is CCCCN(CCCC)c1nc(-c2ccccc2)c(/C=c2\c(C)c(C#N)c(=O)n3nc(C(CC)CCC)nc23)s1. The van der Waals surface area contributed by atoms with E-state index in [0.29, 0.717) is 17.0 Å². The second-order valence-electron chi connectivity index (χ2n) is 10.3. The molecule has 0 saturated heterocycles. The molecule has 1 atom stereocenters. The fourth-order valence-electron chi connectivity index (χ4n) is 5.04. The quantitative estimate of drug-likeness (QED) is 0.183. The molecule has 0 radical (unpaired) electrons. The van der Waals surface area contributed by atoms with Gasteiger partial charge in [0.2, 0.25) is 0 Å². The van der Waals surface area contributed by atoms with Gasteiger partial charge in [-0.05, 0) is 44.2 Å². The Kier molecular flexibility index (Phi) is 10.1. The highest BCUT2D eigenvalue weighted by atomic mass is 32.1. The van der Waals surface area contributed by atoms with Crippen molar-refractivity contribution in [3.63, 3.8) is 0 Å². The highest BCUT2D eigenvalue weighted by molar-refractivity contribution is 7.16. The molecule has 1 aromatic carbocycles. The summed E-state index contributed by atoms with van der Waals surface area (Å²) < 4.78 is 1.34. The van der Waals surface area contributed by atoms with Crippen LogP contribution in [-0.2, 0) is 0 Å². The Morgan fingerprint density at radius 2 is 1.75 bits per heavy atom. The van der Waals surface area contributed by atoms with Gasteiger partial charge in [0.05, 0.1) is 10.6 Å². The first-order chi connectivity index (χ1) is 19.5. The fourth-order valence-corrected chi connectivity index (χ4v) is 6.12. The summed E-state index contributed by atoms with van der Waals surface area (Å²) in [7, 11) is 0. The molecule has 210 valence electrons. The number of aromatic nitrogens is 4. The van der Waals surface area contributed by atoms with Crippen LogP contribution in [0.25, 0.3) is 23.0 Å². The summed E-state index contributed by atoms with van der Waals surface area (Å²) in [4.78, 5) is 26.7. The van der Waals surface area contributed by atoms with E-state index in [2.05, 4.69) is 62.0 Å². The van der Waals surface area contributed by atoms with Crippen LogP contribution >= 0.6 is 11.3 Å². The van der Waals surface area contributed by atoms with Gasteiger partial charge in [-0.15, -0.1) is 5.10 Å². The third kappa shape index (κ3) is 6.10. The highest BCUT2D eigenvalue weighted by Crippen LogP contribution is 2.34. The molecule has 1 unspecified atom stereocenters. The van der Waals surface area contributed by atoms with Crippen LogP contribution in [0.3, 0.4) is 0 Å². The average molecular weight is 557 g/mol. The minimum atomic E-state index is -0.407. The van der Waals surface area contributed by atoms with Gasteiger partial charge in [-0.25, -0.2) is 9.97 Å². The number of nitrogens with zero attached hydrogens (tertiary/aromatic N) is 6. The number of fused-ring (bicyclic) bond motifs is 1. The number of nitriles is 1. The zero-order valence-electron chi connectivity index (χ0n) is 24.4. The minimum absolute atomic E-state index is 0.109. The second kappa shape index (κ2) is 13.7. The van der Waals surface area contributed by atoms with Gasteiger partial charge in [0.1, 0.15) is 11.6 Å². The normalized spacial score (nSPS) is 12.7. The number of rotatable bonds is 13. The van der Waals surface area contributed by atoms with Crippen molar-refractivity contribution in [3.05, 3.63) is 67.7 Å². The van der Waals surface area contributed by atoms with Crippen molar-refractivity contribution < 1.29 is 0 Å². The lowest BCUT2D eigenvalue weighted by atomic mass is 10.0. The van der Waals surface area contributed by atoms with Crippen LogP contribution < -0.4 is 15.7 Å². The standard InChI is InChI=1S/C32H40N6OS/c1-6-10-18-37(19-11-7-2)32-34-28(24-16-13-12-14-17-24)27(40-32)20-25-22(5)26(21-33)31(39)38-30(25)35-29(36-38)23(9-4)15-8-3/h12-14,16-17,20,23H,6-11,15,18-19H2,1-5H3/b25-20+. The van der Waals surface area contributed by atoms with Crippen LogP contribution in [0.2, 0.25) is 0 Å². The molecule has 0 spiro atoms. The molecule has 3 heterocycles. The van der Waals surface area contributed by atoms with Gasteiger partial charge in [-0.3, -0.25) is 4.79 Å². The van der Waals surface area contributed by atoms with Crippen molar-refractivity contribution >= 4 is 28.2 Å². The van der Waals surface area contributed by atoms with Gasteiger partial charge in [0, 0.05) is 29.8 Å². The van der Waals surface area contributed by atoms with Crippen LogP contribution in [0.15, 0.2) is 35.1 Å². The Morgan fingerprint density at radius 3 is 2.35 bits per heavy atom. The van der Waals surface area contributed by atoms with Crippen LogP contribution in [0.5, 0.6) is 0 Å². The summed E-state index contributed by atoms with van der Waals surface area (Å²) >= 11 is 1.66. The van der Waals surface area contributed by atoms with Gasteiger partial charge in [0.15, 0.2) is 16.6 Å². The Morgan fingerprint density at radius 1 is 1.05 bits per heavy atom. The third-order valence-electron chi connectivity index (χ3n) is 7.45. The van der Waals surface area contributed by atoms with E-state index in [1.165, 1.54) is 4.52 Å². The van der Waals surface area contributed by atoms with Crippen molar-refractivity contribution in [2.75, 3.05) is 18.0 Å². The van der Waals surface area contributed by atoms with E-state index in [4.69, 9.17) is 9.97 Å². The van der Waals surface area contributed by atoms with Crippen LogP contribution in [0, 0.1) is 18.3 Å². The first kappa shape index (κ1) is 29.4. The zero-order chi connectivity index (χ0) is 28.6. The van der Waals surface area contributed by atoms with Crippen molar-refractivity contribution in [1.82, 2.24) is 19.6 Å². The smallest absolute Gasteiger partial charge is 0.291 e. The Labute approximate surface area is 241 Å². The van der Waals surface area contributed by atoms with Crippen molar-refractivity contribution in [1.29, 1.82) is 5.26 Å². The van der Waals surface area contributed by atoms with Crippen molar-refractivity contribution in [2.24, 2.45) is 0 Å². The molecule has 0 N–H and O–H groups in total. The lowest BCUT2D eigenvalue weighted by molar-refractivity contribution is 0.563. The lowest BCUT2D eigenvalue weighted by Gasteiger charge is -2.21. The summed E-state index contributed by atoms with van der Waals surface area (Å²) in [5, 5.41) is 16.3. The average Bonchev–Trinajstić information content (AvgIpc) is 3.60. The number of hydrogen-bond donors (Lipinski definition) is 0. The molecule has 4 aromatic rings. The first-order valence-electron chi connectivity index (χ1n) is 14.6. The molecule has 7 nitrogen and oxygen atoms in total. The van der Waals surface area contributed by atoms with Gasteiger partial charge in [-0.1, -0.05) is 88.6 Å². The van der Waals surface area contributed by atoms with Crippen LogP contribution in [0.1, 0.15) is 100 Å². The van der Waals surface area contributed by atoms with E-state index in [9.17, 15) is 10.1 Å². The Hall–Kier alpha value is -3.57. The molecule has 0 aliphatic carbocycles. The molecule has 0 fully saturated rings. The molecule has 4 rings (SSSR count). The molecule has 0 bridgehead atoms. The summed E-state index contributed by atoms with van der Waals surface area (Å²) in [5.41, 5.74) is 2.78. The minimum Gasteiger partial charge on any atom is -0.348 e. The van der Waals surface area contributed by atoms with Gasteiger partial charge in [-0.2, -0.15) is 9.78 Å². The maximum absolute atomic E-state index is 13.3. The largest absolute Gasteiger partial charge is 0.348 e. The Balaban J connectivity index is 1.99. The van der Waals surface area contributed by atoms with Gasteiger partial charge >= 0.3 is 0 Å². The predicted molar refractivity (Wildman–Crippen MR) is 165 cm³/mol. The van der Waals surface area contributed by atoms with E-state index >= 15 is 0 Å². The van der Waals surface area contributed by atoms with Crippen molar-refractivity contribution in [2.45, 2.75) is 85.5 Å². The van der Waals surface area contributed by atoms with Crippen molar-refractivity contribution in [3.8, 4) is 17.3 Å². The number of hydrogen-bond acceptors (Lipinski definition) is 7. The van der Waals surface area contributed by atoms with E-state index in [1.54, 1.807) is 11.3 Å². The molecule has 0 amide bonds. The number of thiazole rings is 1. The summed E-state index contributed by atoms with van der Waals surface area (Å²) in [6.45, 7) is 12.5. The topological polar surface area (TPSA) is 87.2 Å². The first-order valence-corrected chi connectivity index (χ1v) is 15.4. The predicted octanol–water partition coefficient (Wildman–Crippen LogP) is 6.64. The van der Waals surface area contributed by atoms with Crippen LogP contribution in [-0.4, -0.2) is 32.7 Å². The summed E-state index contributed by atoms with van der Waals surface area (Å²) in [6, 6.07) is 12.3. The maximum atomic E-state index is 13.3. The zero-order valence-corrected chi connectivity index (χ0v) is 25.2. The molecule has 0 aliphatic heterocycles. The maximum Gasteiger partial charge on any atom is 0.291 e. The third-order valence-corrected chi connectivity index (χ3v) is 8.52. The molecule has 3 aromatic heterocycles. The van der Waals surface area contributed by atoms with E-state index in [-0.39, 0.29) is 11.5 Å². The number of unbranched alkanes of at least 4 members (excludes halogenated alkanes) is 2. The number of benzene rings is 1. The Bertz CT molecular complexity index is 1580. The second-order valence-corrected chi connectivity index (χ2v) is 11.4. The molecular weight excluding hydrogens is 516 g/mol. The molecule has 0 saturated carbocycles. The molecular formula is C32H40N6OS. The van der Waals surface area contributed by atoms with Gasteiger partial charge in [0.25, 0.3) is 5.56 Å². The number of anilines is 1. The van der Waals surface area contributed by atoms with E-state index in [0.717, 1.165) is 84.5 Å². The molecule has 40 heavy (non-hydrogen) atoms. The monoisotopic (exact) mass is 556 g/mol. The van der Waals surface area contributed by atoms with E-state index in [1.807, 2.05) is 25.1 Å². The summed E-state index contributed by atoms with van der Waals surface area (Å²) in [6.07, 6.45) is 9.38. The fraction of sp³-hybridized carbons (Fsp3) is 0.469. The van der Waals surface area contributed by atoms with Gasteiger partial charge < -0.3 is 4.90 Å². The number of pyridine rings is 1. The molecule has 0 aliphatic rings. The highest BCUT2D eigenvalue weighted by Gasteiger charge is 2.21.